The molecule has 1 aliphatic rings. The lowest BCUT2D eigenvalue weighted by atomic mass is 10.0. The van der Waals surface area contributed by atoms with E-state index >= 15 is 0 Å². The first-order valence-corrected chi connectivity index (χ1v) is 8.99. The Balaban J connectivity index is 1.89. The van der Waals surface area contributed by atoms with Crippen molar-refractivity contribution >= 4 is 17.7 Å². The zero-order valence-corrected chi connectivity index (χ0v) is 15.3. The van der Waals surface area contributed by atoms with Crippen LogP contribution in [0.2, 0.25) is 0 Å². The fraction of sp³-hybridized carbons (Fsp3) is 0.632. The smallest absolute Gasteiger partial charge is 0.340 e. The highest BCUT2D eigenvalue weighted by Crippen LogP contribution is 2.28. The molecular formula is C19H27NO5. The maximum Gasteiger partial charge on any atom is 0.340 e. The Morgan fingerprint density at radius 1 is 1.12 bits per heavy atom. The zero-order chi connectivity index (χ0) is 18.4. The van der Waals surface area contributed by atoms with Crippen LogP contribution in [-0.4, -0.2) is 35.9 Å². The average Bonchev–Trinajstić information content (AvgIpc) is 3.18. The molecule has 25 heavy (non-hydrogen) atoms. The standard InChI is InChI=1S/C19H27NO5/c1-4-24-19(23)17-12(2)18(20-13(17)3)15(21)11-25-16(22)10-9-14-7-5-6-8-14/h14,20H,4-11H2,1-3H3. The first-order chi connectivity index (χ1) is 11.9. The number of hydrogen-bond donors (Lipinski definition) is 1. The molecular weight excluding hydrogens is 322 g/mol. The van der Waals surface area contributed by atoms with Gasteiger partial charge in [0.2, 0.25) is 5.78 Å². The number of esters is 2. The predicted octanol–water partition coefficient (Wildman–Crippen LogP) is 3.50. The van der Waals surface area contributed by atoms with Crippen molar-refractivity contribution in [1.29, 1.82) is 0 Å². The SMILES string of the molecule is CCOC(=O)c1c(C)[nH]c(C(=O)COC(=O)CCC2CCCC2)c1C. The van der Waals surface area contributed by atoms with Crippen molar-refractivity contribution in [2.75, 3.05) is 13.2 Å². The van der Waals surface area contributed by atoms with Crippen LogP contribution in [0.25, 0.3) is 0 Å². The van der Waals surface area contributed by atoms with E-state index in [-0.39, 0.29) is 25.0 Å². The molecule has 0 saturated heterocycles. The molecule has 1 saturated carbocycles. The highest BCUT2D eigenvalue weighted by Gasteiger charge is 2.23. The molecule has 1 N–H and O–H groups in total. The van der Waals surface area contributed by atoms with Crippen LogP contribution in [0.5, 0.6) is 0 Å². The molecule has 0 unspecified atom stereocenters. The third-order valence-corrected chi connectivity index (χ3v) is 4.79. The molecule has 6 nitrogen and oxygen atoms in total. The Bertz CT molecular complexity index is 640. The van der Waals surface area contributed by atoms with Crippen molar-refractivity contribution in [1.82, 2.24) is 4.98 Å². The summed E-state index contributed by atoms with van der Waals surface area (Å²) in [5, 5.41) is 0. The Morgan fingerprint density at radius 3 is 2.44 bits per heavy atom. The van der Waals surface area contributed by atoms with Gasteiger partial charge in [0, 0.05) is 12.1 Å². The van der Waals surface area contributed by atoms with Gasteiger partial charge in [0.25, 0.3) is 0 Å². The quantitative estimate of drug-likeness (QED) is 0.573. The van der Waals surface area contributed by atoms with E-state index < -0.39 is 5.97 Å². The molecule has 1 heterocycles. The number of aromatic amines is 1. The second kappa shape index (κ2) is 8.83. The fourth-order valence-electron chi connectivity index (χ4n) is 3.45. The molecule has 0 bridgehead atoms. The van der Waals surface area contributed by atoms with E-state index in [1.807, 2.05) is 0 Å². The van der Waals surface area contributed by atoms with Gasteiger partial charge in [-0.2, -0.15) is 0 Å². The van der Waals surface area contributed by atoms with Crippen molar-refractivity contribution in [3.63, 3.8) is 0 Å². The van der Waals surface area contributed by atoms with E-state index in [1.165, 1.54) is 25.7 Å². The van der Waals surface area contributed by atoms with E-state index in [1.54, 1.807) is 20.8 Å². The molecule has 138 valence electrons. The molecule has 0 spiro atoms. The van der Waals surface area contributed by atoms with Crippen LogP contribution in [0.4, 0.5) is 0 Å². The average molecular weight is 349 g/mol. The number of aryl methyl sites for hydroxylation is 1. The number of carbonyl (C=O) groups excluding carboxylic acids is 3. The number of ether oxygens (including phenoxy) is 2. The number of ketones is 1. The second-order valence-corrected chi connectivity index (χ2v) is 6.62. The molecule has 0 radical (unpaired) electrons. The molecule has 0 amide bonds. The Morgan fingerprint density at radius 2 is 1.80 bits per heavy atom. The highest BCUT2D eigenvalue weighted by molar-refractivity contribution is 6.02. The summed E-state index contributed by atoms with van der Waals surface area (Å²) in [5.41, 5.74) is 1.77. The lowest BCUT2D eigenvalue weighted by molar-refractivity contribution is -0.142. The van der Waals surface area contributed by atoms with Crippen LogP contribution in [-0.2, 0) is 14.3 Å². The minimum atomic E-state index is -0.457. The maximum atomic E-state index is 12.3. The minimum absolute atomic E-state index is 0.269. The molecule has 0 aliphatic heterocycles. The van der Waals surface area contributed by atoms with E-state index in [9.17, 15) is 14.4 Å². The number of rotatable bonds is 8. The molecule has 6 heteroatoms. The maximum absolute atomic E-state index is 12.3. The number of hydrogen-bond acceptors (Lipinski definition) is 5. The number of aromatic nitrogens is 1. The van der Waals surface area contributed by atoms with E-state index in [0.717, 1.165) is 6.42 Å². The molecule has 1 fully saturated rings. The fourth-order valence-corrected chi connectivity index (χ4v) is 3.45. The largest absolute Gasteiger partial charge is 0.462 e. The summed E-state index contributed by atoms with van der Waals surface area (Å²) < 4.78 is 10.1. The molecule has 1 aromatic heterocycles. The topological polar surface area (TPSA) is 85.5 Å². The van der Waals surface area contributed by atoms with Gasteiger partial charge in [-0.1, -0.05) is 25.7 Å². The van der Waals surface area contributed by atoms with Gasteiger partial charge in [-0.3, -0.25) is 9.59 Å². The van der Waals surface area contributed by atoms with Crippen LogP contribution in [0.15, 0.2) is 0 Å². The Kier molecular flexibility index (Phi) is 6.79. The summed E-state index contributed by atoms with van der Waals surface area (Å²) >= 11 is 0. The minimum Gasteiger partial charge on any atom is -0.462 e. The summed E-state index contributed by atoms with van der Waals surface area (Å²) in [6.45, 7) is 5.08. The van der Waals surface area contributed by atoms with E-state index in [4.69, 9.17) is 9.47 Å². The van der Waals surface area contributed by atoms with Crippen molar-refractivity contribution in [3.8, 4) is 0 Å². The van der Waals surface area contributed by atoms with Gasteiger partial charge in [0.1, 0.15) is 0 Å². The van der Waals surface area contributed by atoms with Crippen molar-refractivity contribution in [2.45, 2.75) is 59.3 Å². The molecule has 0 atom stereocenters. The van der Waals surface area contributed by atoms with E-state index in [0.29, 0.717) is 34.9 Å². The molecule has 0 aromatic carbocycles. The predicted molar refractivity (Wildman–Crippen MR) is 92.7 cm³/mol. The van der Waals surface area contributed by atoms with Crippen LogP contribution in [0.3, 0.4) is 0 Å². The second-order valence-electron chi connectivity index (χ2n) is 6.62. The molecule has 1 aliphatic carbocycles. The third-order valence-electron chi connectivity index (χ3n) is 4.79. The summed E-state index contributed by atoms with van der Waals surface area (Å²) in [5.74, 6) is -0.526. The summed E-state index contributed by atoms with van der Waals surface area (Å²) in [4.78, 5) is 39.0. The molecule has 1 aromatic rings. The van der Waals surface area contributed by atoms with Gasteiger partial charge in [0.15, 0.2) is 6.61 Å². The number of Topliss-reactive ketones (excluding diaryl/α,β-unsaturated/α-hetero) is 1. The summed E-state index contributed by atoms with van der Waals surface area (Å²) in [6, 6.07) is 0. The normalized spacial score (nSPS) is 14.5. The van der Waals surface area contributed by atoms with Gasteiger partial charge >= 0.3 is 11.9 Å². The third kappa shape index (κ3) is 4.94. The first-order valence-electron chi connectivity index (χ1n) is 8.99. The summed E-state index contributed by atoms with van der Waals surface area (Å²) in [7, 11) is 0. The summed E-state index contributed by atoms with van der Waals surface area (Å²) in [6.07, 6.45) is 6.04. The van der Waals surface area contributed by atoms with Crippen molar-refractivity contribution < 1.29 is 23.9 Å². The van der Waals surface area contributed by atoms with Crippen LogP contribution in [0, 0.1) is 19.8 Å². The van der Waals surface area contributed by atoms with Gasteiger partial charge in [-0.25, -0.2) is 4.79 Å². The molecule has 2 rings (SSSR count). The van der Waals surface area contributed by atoms with Crippen molar-refractivity contribution in [2.24, 2.45) is 5.92 Å². The lowest BCUT2D eigenvalue weighted by Gasteiger charge is -2.08. The van der Waals surface area contributed by atoms with Gasteiger partial charge in [-0.05, 0) is 38.7 Å². The van der Waals surface area contributed by atoms with Crippen LogP contribution < -0.4 is 0 Å². The number of H-pyrrole nitrogens is 1. The number of nitrogens with one attached hydrogen (secondary N) is 1. The Labute approximate surface area is 148 Å². The van der Waals surface area contributed by atoms with Gasteiger partial charge in [-0.15, -0.1) is 0 Å². The highest BCUT2D eigenvalue weighted by atomic mass is 16.5. The lowest BCUT2D eigenvalue weighted by Crippen LogP contribution is -2.16. The zero-order valence-electron chi connectivity index (χ0n) is 15.3. The monoisotopic (exact) mass is 349 g/mol. The van der Waals surface area contributed by atoms with Crippen LogP contribution in [0.1, 0.15) is 77.6 Å². The first kappa shape index (κ1) is 19.2. The number of carbonyl (C=O) groups is 3. The van der Waals surface area contributed by atoms with Gasteiger partial charge in [0.05, 0.1) is 17.9 Å². The van der Waals surface area contributed by atoms with Crippen molar-refractivity contribution in [3.05, 3.63) is 22.5 Å². The van der Waals surface area contributed by atoms with E-state index in [2.05, 4.69) is 4.98 Å². The Hall–Kier alpha value is -2.11. The van der Waals surface area contributed by atoms with Gasteiger partial charge < -0.3 is 14.5 Å². The van der Waals surface area contributed by atoms with Crippen LogP contribution >= 0.6 is 0 Å².